The van der Waals surface area contributed by atoms with Gasteiger partial charge < -0.3 is 15.0 Å². The molecule has 0 unspecified atom stereocenters. The summed E-state index contributed by atoms with van der Waals surface area (Å²) in [5, 5.41) is 3.02. The fraction of sp³-hybridized carbons (Fsp3) is 0.538. The van der Waals surface area contributed by atoms with Gasteiger partial charge in [-0.2, -0.15) is 0 Å². The predicted molar refractivity (Wildman–Crippen MR) is 68.3 cm³/mol. The molecule has 1 aliphatic rings. The molecule has 1 aliphatic carbocycles. The molecule has 1 amide bonds. The monoisotopic (exact) mass is 249 g/mol. The smallest absolute Gasteiger partial charge is 0.260 e. The lowest BCUT2D eigenvalue weighted by Gasteiger charge is -2.16. The molecule has 2 rings (SSSR count). The summed E-state index contributed by atoms with van der Waals surface area (Å²) in [5.41, 5.74) is 0.950. The van der Waals surface area contributed by atoms with E-state index in [1.54, 1.807) is 11.1 Å². The lowest BCUT2D eigenvalue weighted by molar-refractivity contribution is -0.132. The van der Waals surface area contributed by atoms with Gasteiger partial charge in [-0.25, -0.2) is 0 Å². The number of rotatable bonds is 6. The Balaban J connectivity index is 1.80. The van der Waals surface area contributed by atoms with Crippen LogP contribution in [-0.2, 0) is 11.3 Å². The van der Waals surface area contributed by atoms with Gasteiger partial charge in [-0.05, 0) is 32.0 Å². The van der Waals surface area contributed by atoms with Gasteiger partial charge in [-0.3, -0.25) is 9.78 Å². The van der Waals surface area contributed by atoms with Crippen molar-refractivity contribution < 1.29 is 9.53 Å². The van der Waals surface area contributed by atoms with Gasteiger partial charge in [0.15, 0.2) is 6.61 Å². The molecule has 0 atom stereocenters. The van der Waals surface area contributed by atoms with Crippen molar-refractivity contribution in [3.63, 3.8) is 0 Å². The van der Waals surface area contributed by atoms with Crippen molar-refractivity contribution in [2.45, 2.75) is 25.4 Å². The normalized spacial score (nSPS) is 14.3. The van der Waals surface area contributed by atoms with Crippen LogP contribution in [0.2, 0.25) is 0 Å². The summed E-state index contributed by atoms with van der Waals surface area (Å²) in [5.74, 6) is 0.657. The molecule has 1 saturated carbocycles. The number of hydrogen-bond acceptors (Lipinski definition) is 4. The molecule has 1 aromatic rings. The molecule has 0 saturated heterocycles. The molecule has 98 valence electrons. The third kappa shape index (κ3) is 3.43. The maximum absolute atomic E-state index is 11.7. The molecule has 0 bridgehead atoms. The van der Waals surface area contributed by atoms with Crippen LogP contribution in [0.5, 0.6) is 5.75 Å². The van der Waals surface area contributed by atoms with E-state index >= 15 is 0 Å². The Kier molecular flexibility index (Phi) is 4.15. The van der Waals surface area contributed by atoms with Gasteiger partial charge in [0.1, 0.15) is 5.75 Å². The zero-order chi connectivity index (χ0) is 13.0. The first-order valence-electron chi connectivity index (χ1n) is 6.18. The maximum Gasteiger partial charge on any atom is 0.260 e. The van der Waals surface area contributed by atoms with Crippen molar-refractivity contribution in [3.8, 4) is 5.75 Å². The second-order valence-corrected chi connectivity index (χ2v) is 4.54. The highest BCUT2D eigenvalue weighted by atomic mass is 16.5. The van der Waals surface area contributed by atoms with Crippen molar-refractivity contribution in [1.29, 1.82) is 0 Å². The topological polar surface area (TPSA) is 54.5 Å². The van der Waals surface area contributed by atoms with Gasteiger partial charge in [0.25, 0.3) is 5.91 Å². The van der Waals surface area contributed by atoms with Crippen LogP contribution < -0.4 is 10.1 Å². The Bertz CT molecular complexity index is 401. The van der Waals surface area contributed by atoms with Crippen molar-refractivity contribution in [2.75, 3.05) is 20.7 Å². The number of aromatic nitrogens is 1. The van der Waals surface area contributed by atoms with E-state index < -0.39 is 0 Å². The lowest BCUT2D eigenvalue weighted by Crippen LogP contribution is -2.33. The fourth-order valence-corrected chi connectivity index (χ4v) is 1.69. The Morgan fingerprint density at radius 2 is 2.33 bits per heavy atom. The molecule has 1 fully saturated rings. The second-order valence-electron chi connectivity index (χ2n) is 4.54. The van der Waals surface area contributed by atoms with Crippen LogP contribution in [0.3, 0.4) is 0 Å². The molecule has 5 heteroatoms. The number of amides is 1. The van der Waals surface area contributed by atoms with Crippen molar-refractivity contribution in [2.24, 2.45) is 0 Å². The van der Waals surface area contributed by atoms with E-state index in [-0.39, 0.29) is 12.5 Å². The van der Waals surface area contributed by atoms with E-state index in [9.17, 15) is 4.79 Å². The van der Waals surface area contributed by atoms with Gasteiger partial charge in [-0.15, -0.1) is 0 Å². The maximum atomic E-state index is 11.7. The summed E-state index contributed by atoms with van der Waals surface area (Å²) in [6, 6.07) is 4.16. The standard InChI is InChI=1S/C13H19N3O2/c1-14-7-10-3-6-12(8-15-10)18-9-13(17)16(2)11-4-5-11/h3,6,8,11,14H,4-5,7,9H2,1-2H3. The van der Waals surface area contributed by atoms with Crippen LogP contribution in [0, 0.1) is 0 Å². The first-order chi connectivity index (χ1) is 8.70. The van der Waals surface area contributed by atoms with E-state index in [2.05, 4.69) is 10.3 Å². The van der Waals surface area contributed by atoms with Crippen molar-refractivity contribution in [1.82, 2.24) is 15.2 Å². The Morgan fingerprint density at radius 1 is 1.56 bits per heavy atom. The van der Waals surface area contributed by atoms with E-state index in [0.717, 1.165) is 25.1 Å². The number of nitrogens with one attached hydrogen (secondary N) is 1. The number of pyridine rings is 1. The molecule has 1 heterocycles. The highest BCUT2D eigenvalue weighted by Crippen LogP contribution is 2.25. The number of carbonyl (C=O) groups excluding carboxylic acids is 1. The van der Waals surface area contributed by atoms with E-state index in [0.29, 0.717) is 11.8 Å². The van der Waals surface area contributed by atoms with Crippen LogP contribution in [0.4, 0.5) is 0 Å². The first-order valence-corrected chi connectivity index (χ1v) is 6.18. The van der Waals surface area contributed by atoms with Crippen LogP contribution in [-0.4, -0.2) is 42.5 Å². The second kappa shape index (κ2) is 5.82. The van der Waals surface area contributed by atoms with E-state index in [1.165, 1.54) is 0 Å². The minimum Gasteiger partial charge on any atom is -0.482 e. The van der Waals surface area contributed by atoms with Crippen LogP contribution in [0.1, 0.15) is 18.5 Å². The van der Waals surface area contributed by atoms with Gasteiger partial charge in [0.2, 0.25) is 0 Å². The van der Waals surface area contributed by atoms with Crippen molar-refractivity contribution >= 4 is 5.91 Å². The molecule has 0 aliphatic heterocycles. The predicted octanol–water partition coefficient (Wildman–Crippen LogP) is 0.801. The number of hydrogen-bond donors (Lipinski definition) is 1. The Hall–Kier alpha value is -1.62. The first kappa shape index (κ1) is 12.8. The summed E-state index contributed by atoms with van der Waals surface area (Å²) >= 11 is 0. The highest BCUT2D eigenvalue weighted by Gasteiger charge is 2.29. The molecule has 5 nitrogen and oxygen atoms in total. The van der Waals surface area contributed by atoms with Crippen LogP contribution in [0.15, 0.2) is 18.3 Å². The molecular formula is C13H19N3O2. The highest BCUT2D eigenvalue weighted by molar-refractivity contribution is 5.78. The zero-order valence-electron chi connectivity index (χ0n) is 10.8. The number of ether oxygens (including phenoxy) is 1. The summed E-state index contributed by atoms with van der Waals surface area (Å²) in [4.78, 5) is 17.7. The quantitative estimate of drug-likeness (QED) is 0.810. The van der Waals surface area contributed by atoms with E-state index in [1.807, 2.05) is 26.2 Å². The number of carbonyl (C=O) groups is 1. The Morgan fingerprint density at radius 3 is 2.89 bits per heavy atom. The summed E-state index contributed by atoms with van der Waals surface area (Å²) in [7, 11) is 3.70. The minimum absolute atomic E-state index is 0.0248. The minimum atomic E-state index is 0.0248. The zero-order valence-corrected chi connectivity index (χ0v) is 10.8. The summed E-state index contributed by atoms with van der Waals surface area (Å²) in [6.07, 6.45) is 3.88. The molecule has 1 aromatic heterocycles. The van der Waals surface area contributed by atoms with Gasteiger partial charge in [-0.1, -0.05) is 0 Å². The van der Waals surface area contributed by atoms with Gasteiger partial charge in [0, 0.05) is 19.6 Å². The van der Waals surface area contributed by atoms with Crippen LogP contribution >= 0.6 is 0 Å². The average molecular weight is 249 g/mol. The Labute approximate surface area is 107 Å². The summed E-state index contributed by atoms with van der Waals surface area (Å²) < 4.78 is 5.43. The molecular weight excluding hydrogens is 230 g/mol. The fourth-order valence-electron chi connectivity index (χ4n) is 1.69. The van der Waals surface area contributed by atoms with E-state index in [4.69, 9.17) is 4.74 Å². The average Bonchev–Trinajstić information content (AvgIpc) is 3.21. The molecule has 1 N–H and O–H groups in total. The third-order valence-corrected chi connectivity index (χ3v) is 3.01. The largest absolute Gasteiger partial charge is 0.482 e. The number of likely N-dealkylation sites (N-methyl/N-ethyl adjacent to an activating group) is 1. The molecule has 0 radical (unpaired) electrons. The molecule has 0 aromatic carbocycles. The summed E-state index contributed by atoms with van der Waals surface area (Å²) in [6.45, 7) is 0.809. The SMILES string of the molecule is CNCc1ccc(OCC(=O)N(C)C2CC2)cn1. The van der Waals surface area contributed by atoms with Crippen LogP contribution in [0.25, 0.3) is 0 Å². The van der Waals surface area contributed by atoms with Gasteiger partial charge in [0.05, 0.1) is 11.9 Å². The number of nitrogens with zero attached hydrogens (tertiary/aromatic N) is 2. The van der Waals surface area contributed by atoms with Crippen molar-refractivity contribution in [3.05, 3.63) is 24.0 Å². The molecule has 0 spiro atoms. The third-order valence-electron chi connectivity index (χ3n) is 3.01. The van der Waals surface area contributed by atoms with Gasteiger partial charge >= 0.3 is 0 Å². The lowest BCUT2D eigenvalue weighted by atomic mass is 10.3. The molecule has 18 heavy (non-hydrogen) atoms.